The quantitative estimate of drug-likeness (QED) is 0.807. The van der Waals surface area contributed by atoms with Gasteiger partial charge in [-0.2, -0.15) is 0 Å². The minimum Gasteiger partial charge on any atom is -0.496 e. The lowest BCUT2D eigenvalue weighted by Gasteiger charge is -2.33. The van der Waals surface area contributed by atoms with E-state index in [1.165, 1.54) is 31.4 Å². The number of carbonyl (C=O) groups is 1. The lowest BCUT2D eigenvalue weighted by atomic mass is 10.0. The molecule has 0 unspecified atom stereocenters. The van der Waals surface area contributed by atoms with E-state index in [1.54, 1.807) is 7.11 Å². The van der Waals surface area contributed by atoms with E-state index in [0.717, 1.165) is 23.4 Å². The van der Waals surface area contributed by atoms with Gasteiger partial charge in [0.15, 0.2) is 0 Å². The minimum absolute atomic E-state index is 0.00529. The fourth-order valence-corrected chi connectivity index (χ4v) is 3.67. The zero-order chi connectivity index (χ0) is 19.1. The standard InChI is InChI=1S/C23H30N2O2/c1-18-7-5-6-14-25(18)17-20-12-10-19(11-13-20)16-24-23(26)15-21-8-3-4-9-22(21)27-2/h3-4,8-13,18H,5-7,14-17H2,1-2H3,(H,24,26)/t18-/m1/s1. The maximum absolute atomic E-state index is 12.2. The Morgan fingerprint density at radius 1 is 1.11 bits per heavy atom. The lowest BCUT2D eigenvalue weighted by Crippen LogP contribution is -2.36. The maximum atomic E-state index is 12.2. The first-order valence-corrected chi connectivity index (χ1v) is 9.86. The highest BCUT2D eigenvalue weighted by atomic mass is 16.5. The first-order chi connectivity index (χ1) is 13.2. The van der Waals surface area contributed by atoms with Crippen LogP contribution in [0.2, 0.25) is 0 Å². The Hall–Kier alpha value is -2.33. The van der Waals surface area contributed by atoms with Crippen molar-refractivity contribution in [3.05, 3.63) is 65.2 Å². The number of piperidine rings is 1. The van der Waals surface area contributed by atoms with Crippen LogP contribution < -0.4 is 10.1 Å². The number of hydrogen-bond acceptors (Lipinski definition) is 3. The molecule has 0 spiro atoms. The monoisotopic (exact) mass is 366 g/mol. The molecule has 1 atom stereocenters. The number of hydrogen-bond donors (Lipinski definition) is 1. The van der Waals surface area contributed by atoms with E-state index in [2.05, 4.69) is 41.4 Å². The molecule has 0 aromatic heterocycles. The number of likely N-dealkylation sites (tertiary alicyclic amines) is 1. The van der Waals surface area contributed by atoms with Gasteiger partial charge in [-0.1, -0.05) is 48.9 Å². The average Bonchev–Trinajstić information content (AvgIpc) is 2.69. The highest BCUT2D eigenvalue weighted by Crippen LogP contribution is 2.20. The summed E-state index contributed by atoms with van der Waals surface area (Å²) in [6.45, 7) is 5.09. The summed E-state index contributed by atoms with van der Waals surface area (Å²) in [7, 11) is 1.63. The zero-order valence-corrected chi connectivity index (χ0v) is 16.4. The molecular formula is C23H30N2O2. The van der Waals surface area contributed by atoms with Gasteiger partial charge in [0, 0.05) is 24.7 Å². The molecule has 1 aliphatic heterocycles. The molecule has 2 aromatic carbocycles. The van der Waals surface area contributed by atoms with Gasteiger partial charge in [0.2, 0.25) is 5.91 Å². The summed E-state index contributed by atoms with van der Waals surface area (Å²) >= 11 is 0. The zero-order valence-electron chi connectivity index (χ0n) is 16.4. The van der Waals surface area contributed by atoms with E-state index in [0.29, 0.717) is 19.0 Å². The van der Waals surface area contributed by atoms with Crippen molar-refractivity contribution in [1.29, 1.82) is 0 Å². The van der Waals surface area contributed by atoms with Gasteiger partial charge >= 0.3 is 0 Å². The number of nitrogens with zero attached hydrogens (tertiary/aromatic N) is 1. The SMILES string of the molecule is COc1ccccc1CC(=O)NCc1ccc(CN2CCCC[C@H]2C)cc1. The first kappa shape index (κ1) is 19.4. The van der Waals surface area contributed by atoms with E-state index in [1.807, 2.05) is 24.3 Å². The smallest absolute Gasteiger partial charge is 0.224 e. The van der Waals surface area contributed by atoms with Crippen molar-refractivity contribution in [2.75, 3.05) is 13.7 Å². The van der Waals surface area contributed by atoms with Crippen LogP contribution >= 0.6 is 0 Å². The van der Waals surface area contributed by atoms with E-state index < -0.39 is 0 Å². The van der Waals surface area contributed by atoms with Gasteiger partial charge in [-0.25, -0.2) is 0 Å². The molecule has 1 saturated heterocycles. The third-order valence-electron chi connectivity index (χ3n) is 5.38. The molecule has 27 heavy (non-hydrogen) atoms. The Morgan fingerprint density at radius 3 is 2.59 bits per heavy atom. The third kappa shape index (κ3) is 5.57. The summed E-state index contributed by atoms with van der Waals surface area (Å²) in [5, 5.41) is 3.00. The number of para-hydroxylation sites is 1. The van der Waals surface area contributed by atoms with Crippen molar-refractivity contribution in [1.82, 2.24) is 10.2 Å². The van der Waals surface area contributed by atoms with Gasteiger partial charge < -0.3 is 10.1 Å². The molecule has 1 amide bonds. The summed E-state index contributed by atoms with van der Waals surface area (Å²) in [5.74, 6) is 0.759. The molecule has 3 rings (SSSR count). The van der Waals surface area contributed by atoms with Crippen LogP contribution in [0.4, 0.5) is 0 Å². The highest BCUT2D eigenvalue weighted by molar-refractivity contribution is 5.79. The van der Waals surface area contributed by atoms with E-state index in [4.69, 9.17) is 4.74 Å². The highest BCUT2D eigenvalue weighted by Gasteiger charge is 2.17. The second-order valence-electron chi connectivity index (χ2n) is 7.40. The fraction of sp³-hybridized carbons (Fsp3) is 0.435. The fourth-order valence-electron chi connectivity index (χ4n) is 3.67. The van der Waals surface area contributed by atoms with Gasteiger partial charge in [-0.05, 0) is 43.5 Å². The molecule has 1 heterocycles. The van der Waals surface area contributed by atoms with Gasteiger partial charge in [-0.15, -0.1) is 0 Å². The second kappa shape index (κ2) is 9.56. The average molecular weight is 367 g/mol. The molecule has 2 aromatic rings. The number of ether oxygens (including phenoxy) is 1. The van der Waals surface area contributed by atoms with Crippen molar-refractivity contribution in [2.45, 2.75) is 51.7 Å². The summed E-state index contributed by atoms with van der Waals surface area (Å²) < 4.78 is 5.31. The number of amides is 1. The molecule has 0 aliphatic carbocycles. The van der Waals surface area contributed by atoms with Crippen LogP contribution in [0.3, 0.4) is 0 Å². The van der Waals surface area contributed by atoms with Gasteiger partial charge in [0.1, 0.15) is 5.75 Å². The number of benzene rings is 2. The Labute approximate surface area is 162 Å². The predicted octanol–water partition coefficient (Wildman–Crippen LogP) is 3.93. The molecule has 144 valence electrons. The minimum atomic E-state index is 0.00529. The molecule has 0 saturated carbocycles. The lowest BCUT2D eigenvalue weighted by molar-refractivity contribution is -0.120. The first-order valence-electron chi connectivity index (χ1n) is 9.86. The molecule has 0 radical (unpaired) electrons. The Bertz CT molecular complexity index is 742. The van der Waals surface area contributed by atoms with Crippen LogP contribution in [0, 0.1) is 0 Å². The summed E-state index contributed by atoms with van der Waals surface area (Å²) in [6.07, 6.45) is 4.29. The van der Waals surface area contributed by atoms with Gasteiger partial charge in [0.25, 0.3) is 0 Å². The van der Waals surface area contributed by atoms with Crippen molar-refractivity contribution in [3.63, 3.8) is 0 Å². The normalized spacial score (nSPS) is 17.5. The van der Waals surface area contributed by atoms with Crippen LogP contribution in [0.5, 0.6) is 5.75 Å². The molecular weight excluding hydrogens is 336 g/mol. The number of rotatable bonds is 7. The number of carbonyl (C=O) groups excluding carboxylic acids is 1. The second-order valence-corrected chi connectivity index (χ2v) is 7.40. The molecule has 1 aliphatic rings. The Balaban J connectivity index is 1.49. The van der Waals surface area contributed by atoms with Crippen LogP contribution in [-0.4, -0.2) is 30.5 Å². The maximum Gasteiger partial charge on any atom is 0.224 e. The van der Waals surface area contributed by atoms with Crippen molar-refractivity contribution < 1.29 is 9.53 Å². The van der Waals surface area contributed by atoms with Crippen LogP contribution in [0.15, 0.2) is 48.5 Å². The van der Waals surface area contributed by atoms with Crippen LogP contribution in [0.1, 0.15) is 42.9 Å². The molecule has 1 fully saturated rings. The van der Waals surface area contributed by atoms with Crippen LogP contribution in [0.25, 0.3) is 0 Å². The summed E-state index contributed by atoms with van der Waals surface area (Å²) in [6, 6.07) is 16.9. The van der Waals surface area contributed by atoms with Crippen LogP contribution in [-0.2, 0) is 24.3 Å². The summed E-state index contributed by atoms with van der Waals surface area (Å²) in [5.41, 5.74) is 3.37. The van der Waals surface area contributed by atoms with E-state index in [-0.39, 0.29) is 5.91 Å². The van der Waals surface area contributed by atoms with E-state index in [9.17, 15) is 4.79 Å². The van der Waals surface area contributed by atoms with E-state index >= 15 is 0 Å². The van der Waals surface area contributed by atoms with Crippen molar-refractivity contribution >= 4 is 5.91 Å². The summed E-state index contributed by atoms with van der Waals surface area (Å²) in [4.78, 5) is 14.8. The van der Waals surface area contributed by atoms with Gasteiger partial charge in [0.05, 0.1) is 13.5 Å². The van der Waals surface area contributed by atoms with Crippen molar-refractivity contribution in [2.24, 2.45) is 0 Å². The Kier molecular flexibility index (Phi) is 6.88. The molecule has 4 nitrogen and oxygen atoms in total. The predicted molar refractivity (Wildman–Crippen MR) is 109 cm³/mol. The molecule has 1 N–H and O–H groups in total. The van der Waals surface area contributed by atoms with Gasteiger partial charge in [-0.3, -0.25) is 9.69 Å². The number of nitrogens with one attached hydrogen (secondary N) is 1. The van der Waals surface area contributed by atoms with Crippen molar-refractivity contribution in [3.8, 4) is 5.75 Å². The molecule has 4 heteroatoms. The topological polar surface area (TPSA) is 41.6 Å². The number of methoxy groups -OCH3 is 1. The Morgan fingerprint density at radius 2 is 1.85 bits per heavy atom. The molecule has 0 bridgehead atoms. The largest absolute Gasteiger partial charge is 0.496 e. The third-order valence-corrected chi connectivity index (χ3v) is 5.38.